The molecule has 2 aromatic rings. The third-order valence-corrected chi connectivity index (χ3v) is 3.61. The van der Waals surface area contributed by atoms with Gasteiger partial charge >= 0.3 is 0 Å². The maximum atomic E-state index is 12.0. The zero-order chi connectivity index (χ0) is 14.7. The zero-order valence-corrected chi connectivity index (χ0v) is 12.8. The van der Waals surface area contributed by atoms with Crippen molar-refractivity contribution in [3.05, 3.63) is 75.9 Å². The van der Waals surface area contributed by atoms with Gasteiger partial charge in [-0.2, -0.15) is 0 Å². The number of carbonyl (C=O) groups is 1. The Morgan fingerprint density at radius 3 is 2.67 bits per heavy atom. The van der Waals surface area contributed by atoms with Gasteiger partial charge in [-0.3, -0.25) is 4.79 Å². The highest BCUT2D eigenvalue weighted by atomic mass is 79.9. The van der Waals surface area contributed by atoms with Gasteiger partial charge in [-0.1, -0.05) is 58.4 Å². The molecule has 0 spiro atoms. The average Bonchev–Trinajstić information content (AvgIpc) is 2.80. The van der Waals surface area contributed by atoms with Crippen molar-refractivity contribution in [2.75, 3.05) is 0 Å². The van der Waals surface area contributed by atoms with Crippen LogP contribution in [0.4, 0.5) is 0 Å². The smallest absolute Gasteiger partial charge is 0.275 e. The van der Waals surface area contributed by atoms with Crippen molar-refractivity contribution in [3.8, 4) is 0 Å². The number of nitrogens with zero attached hydrogens (tertiary/aromatic N) is 1. The molecule has 0 fully saturated rings. The summed E-state index contributed by atoms with van der Waals surface area (Å²) in [4.78, 5) is 16.3. The van der Waals surface area contributed by atoms with Gasteiger partial charge in [0.15, 0.2) is 0 Å². The lowest BCUT2D eigenvalue weighted by Gasteiger charge is -1.99. The van der Waals surface area contributed by atoms with Crippen LogP contribution in [0.15, 0.2) is 69.8 Å². The summed E-state index contributed by atoms with van der Waals surface area (Å²) < 4.78 is 0.976. The van der Waals surface area contributed by atoms with E-state index in [2.05, 4.69) is 26.2 Å². The van der Waals surface area contributed by atoms with Crippen molar-refractivity contribution in [2.24, 2.45) is 4.99 Å². The Morgan fingerprint density at radius 2 is 1.90 bits per heavy atom. The second-order valence-electron chi connectivity index (χ2n) is 4.76. The maximum Gasteiger partial charge on any atom is 0.275 e. The van der Waals surface area contributed by atoms with Crippen LogP contribution in [0.3, 0.4) is 0 Å². The van der Waals surface area contributed by atoms with Crippen LogP contribution in [-0.2, 0) is 11.2 Å². The third-order valence-electron chi connectivity index (χ3n) is 3.11. The lowest BCUT2D eigenvalue weighted by Crippen LogP contribution is -2.25. The number of hydrogen-bond donors (Lipinski definition) is 1. The van der Waals surface area contributed by atoms with Crippen LogP contribution in [0.2, 0.25) is 0 Å². The van der Waals surface area contributed by atoms with Crippen molar-refractivity contribution in [1.82, 2.24) is 5.32 Å². The van der Waals surface area contributed by atoms with Gasteiger partial charge in [0.05, 0.1) is 0 Å². The van der Waals surface area contributed by atoms with E-state index in [9.17, 15) is 4.79 Å². The van der Waals surface area contributed by atoms with E-state index in [0.717, 1.165) is 15.6 Å². The first kappa shape index (κ1) is 13.8. The topological polar surface area (TPSA) is 41.5 Å². The van der Waals surface area contributed by atoms with Crippen molar-refractivity contribution < 1.29 is 4.79 Å². The Balaban J connectivity index is 1.82. The van der Waals surface area contributed by atoms with E-state index in [1.54, 1.807) is 6.08 Å². The summed E-state index contributed by atoms with van der Waals surface area (Å²) in [7, 11) is 0. The van der Waals surface area contributed by atoms with Crippen molar-refractivity contribution in [2.45, 2.75) is 6.42 Å². The molecule has 0 saturated heterocycles. The minimum Gasteiger partial charge on any atom is -0.308 e. The summed E-state index contributed by atoms with van der Waals surface area (Å²) in [5.41, 5.74) is 2.51. The second kappa shape index (κ2) is 6.06. The highest BCUT2D eigenvalue weighted by Crippen LogP contribution is 2.17. The molecule has 1 heterocycles. The fourth-order valence-corrected chi connectivity index (χ4v) is 2.56. The standard InChI is InChI=1S/C17H13BrN2O/c18-14-8-4-7-13(9-14)10-15-17(21)20-16(19-15)11-12-5-2-1-3-6-12/h1-10H,11H2,(H,19,20,21)/b15-10+. The number of rotatable bonds is 3. The SMILES string of the molecule is O=C1NC(Cc2ccccc2)=N/C1=C/c1cccc(Br)c1. The largest absolute Gasteiger partial charge is 0.308 e. The van der Waals surface area contributed by atoms with E-state index < -0.39 is 0 Å². The Kier molecular flexibility index (Phi) is 3.97. The summed E-state index contributed by atoms with van der Waals surface area (Å²) in [5.74, 6) is 0.536. The molecule has 21 heavy (non-hydrogen) atoms. The molecule has 1 aliphatic rings. The number of nitrogens with one attached hydrogen (secondary N) is 1. The van der Waals surface area contributed by atoms with E-state index in [1.807, 2.05) is 54.6 Å². The number of carbonyl (C=O) groups excluding carboxylic acids is 1. The normalized spacial score (nSPS) is 16.0. The van der Waals surface area contributed by atoms with Crippen LogP contribution in [-0.4, -0.2) is 11.7 Å². The van der Waals surface area contributed by atoms with Crippen molar-refractivity contribution >= 4 is 33.7 Å². The molecule has 4 heteroatoms. The van der Waals surface area contributed by atoms with Crippen LogP contribution < -0.4 is 5.32 Å². The molecule has 0 bridgehead atoms. The van der Waals surface area contributed by atoms with Crippen LogP contribution in [0, 0.1) is 0 Å². The predicted octanol–water partition coefficient (Wildman–Crippen LogP) is 3.56. The summed E-state index contributed by atoms with van der Waals surface area (Å²) >= 11 is 3.42. The molecule has 1 N–H and O–H groups in total. The zero-order valence-electron chi connectivity index (χ0n) is 11.2. The molecular formula is C17H13BrN2O. The van der Waals surface area contributed by atoms with Gasteiger partial charge in [0, 0.05) is 10.9 Å². The molecule has 2 aromatic carbocycles. The van der Waals surface area contributed by atoms with Gasteiger partial charge in [-0.05, 0) is 29.3 Å². The number of amidine groups is 1. The number of amides is 1. The fourth-order valence-electron chi connectivity index (χ4n) is 2.14. The number of benzene rings is 2. The van der Waals surface area contributed by atoms with Gasteiger partial charge in [-0.15, -0.1) is 0 Å². The molecule has 0 aromatic heterocycles. The highest BCUT2D eigenvalue weighted by molar-refractivity contribution is 9.10. The Bertz CT molecular complexity index is 735. The van der Waals surface area contributed by atoms with Gasteiger partial charge in [0.1, 0.15) is 11.5 Å². The molecule has 104 valence electrons. The molecule has 1 aliphatic heterocycles. The lowest BCUT2D eigenvalue weighted by atomic mass is 10.1. The second-order valence-corrected chi connectivity index (χ2v) is 5.68. The van der Waals surface area contributed by atoms with Gasteiger partial charge in [0.25, 0.3) is 5.91 Å². The van der Waals surface area contributed by atoms with Crippen LogP contribution in [0.1, 0.15) is 11.1 Å². The maximum absolute atomic E-state index is 12.0. The van der Waals surface area contributed by atoms with Gasteiger partial charge < -0.3 is 5.32 Å². The predicted molar refractivity (Wildman–Crippen MR) is 87.8 cm³/mol. The number of halogens is 1. The van der Waals surface area contributed by atoms with Gasteiger partial charge in [-0.25, -0.2) is 4.99 Å². The third kappa shape index (κ3) is 3.47. The lowest BCUT2D eigenvalue weighted by molar-refractivity contribution is -0.115. The van der Waals surface area contributed by atoms with E-state index in [4.69, 9.17) is 0 Å². The van der Waals surface area contributed by atoms with Crippen LogP contribution in [0.25, 0.3) is 6.08 Å². The molecule has 3 rings (SSSR count). The average molecular weight is 341 g/mol. The van der Waals surface area contributed by atoms with E-state index in [-0.39, 0.29) is 5.91 Å². The molecule has 1 amide bonds. The molecule has 0 radical (unpaired) electrons. The molecule has 3 nitrogen and oxygen atoms in total. The minimum absolute atomic E-state index is 0.152. The first-order chi connectivity index (χ1) is 10.2. The van der Waals surface area contributed by atoms with Crippen LogP contribution in [0.5, 0.6) is 0 Å². The van der Waals surface area contributed by atoms with E-state index in [1.165, 1.54) is 0 Å². The minimum atomic E-state index is -0.152. The van der Waals surface area contributed by atoms with Crippen molar-refractivity contribution in [1.29, 1.82) is 0 Å². The van der Waals surface area contributed by atoms with Gasteiger partial charge in [0.2, 0.25) is 0 Å². The number of hydrogen-bond acceptors (Lipinski definition) is 2. The monoisotopic (exact) mass is 340 g/mol. The Labute approximate surface area is 131 Å². The van der Waals surface area contributed by atoms with Crippen LogP contribution >= 0.6 is 15.9 Å². The van der Waals surface area contributed by atoms with E-state index in [0.29, 0.717) is 18.0 Å². The Morgan fingerprint density at radius 1 is 1.10 bits per heavy atom. The summed E-state index contributed by atoms with van der Waals surface area (Å²) in [5, 5.41) is 2.82. The molecular weight excluding hydrogens is 328 g/mol. The van der Waals surface area contributed by atoms with Crippen molar-refractivity contribution in [3.63, 3.8) is 0 Å². The first-order valence-electron chi connectivity index (χ1n) is 6.61. The number of aliphatic imine (C=N–C) groups is 1. The highest BCUT2D eigenvalue weighted by Gasteiger charge is 2.19. The summed E-state index contributed by atoms with van der Waals surface area (Å²) in [6.07, 6.45) is 2.42. The summed E-state index contributed by atoms with van der Waals surface area (Å²) in [6.45, 7) is 0. The molecule has 0 atom stereocenters. The molecule has 0 unspecified atom stereocenters. The molecule has 0 saturated carbocycles. The van der Waals surface area contributed by atoms with E-state index >= 15 is 0 Å². The quantitative estimate of drug-likeness (QED) is 0.852. The molecule has 0 aliphatic carbocycles. The first-order valence-corrected chi connectivity index (χ1v) is 7.40. The Hall–Kier alpha value is -2.20. The summed E-state index contributed by atoms with van der Waals surface area (Å²) in [6, 6.07) is 17.7. The fraction of sp³-hybridized carbons (Fsp3) is 0.0588.